The number of rotatable bonds is 3. The van der Waals surface area contributed by atoms with Crippen LogP contribution < -0.4 is 4.90 Å². The van der Waals surface area contributed by atoms with Gasteiger partial charge in [-0.2, -0.15) is 13.2 Å². The van der Waals surface area contributed by atoms with Crippen molar-refractivity contribution >= 4 is 5.69 Å². The molecular weight excluding hydrogens is 305 g/mol. The van der Waals surface area contributed by atoms with Gasteiger partial charge in [-0.25, -0.2) is 0 Å². The topological polar surface area (TPSA) is 19.6 Å². The highest BCUT2D eigenvalue weighted by Crippen LogP contribution is 2.30. The summed E-state index contributed by atoms with van der Waals surface area (Å²) in [6.45, 7) is 6.12. The number of halogens is 3. The summed E-state index contributed by atoms with van der Waals surface area (Å²) in [6, 6.07) is 7.35. The first-order valence-corrected chi connectivity index (χ1v) is 7.61. The maximum atomic E-state index is 12.6. The normalized spacial score (nSPS) is 16.8. The Balaban J connectivity index is 1.57. The van der Waals surface area contributed by atoms with Crippen LogP contribution in [0.5, 0.6) is 0 Å². The third-order valence-corrected chi connectivity index (χ3v) is 4.27. The summed E-state index contributed by atoms with van der Waals surface area (Å²) in [5.74, 6) is 0.980. The van der Waals surface area contributed by atoms with E-state index in [0.717, 1.165) is 61.9 Å². The molecule has 0 bridgehead atoms. The van der Waals surface area contributed by atoms with E-state index in [2.05, 4.69) is 9.80 Å². The van der Waals surface area contributed by atoms with E-state index in [1.807, 2.05) is 13.0 Å². The van der Waals surface area contributed by atoms with Crippen molar-refractivity contribution in [1.29, 1.82) is 0 Å². The monoisotopic (exact) mass is 324 g/mol. The molecule has 0 aliphatic carbocycles. The summed E-state index contributed by atoms with van der Waals surface area (Å²) in [5.41, 5.74) is 1.38. The van der Waals surface area contributed by atoms with Crippen molar-refractivity contribution in [2.45, 2.75) is 19.6 Å². The molecule has 3 rings (SSSR count). The lowest BCUT2D eigenvalue weighted by atomic mass is 10.1. The van der Waals surface area contributed by atoms with Crippen LogP contribution in [0.15, 0.2) is 41.0 Å². The number of nitrogens with zero attached hydrogens (tertiary/aromatic N) is 2. The van der Waals surface area contributed by atoms with Crippen molar-refractivity contribution in [3.63, 3.8) is 0 Å². The molecule has 2 aromatic rings. The summed E-state index contributed by atoms with van der Waals surface area (Å²) in [4.78, 5) is 4.41. The van der Waals surface area contributed by atoms with E-state index < -0.39 is 11.7 Å². The van der Waals surface area contributed by atoms with E-state index in [1.165, 1.54) is 0 Å². The summed E-state index contributed by atoms with van der Waals surface area (Å²) in [5, 5.41) is 0. The molecule has 1 fully saturated rings. The van der Waals surface area contributed by atoms with Gasteiger partial charge in [-0.3, -0.25) is 4.90 Å². The first-order chi connectivity index (χ1) is 10.9. The molecule has 0 atom stereocenters. The fourth-order valence-corrected chi connectivity index (χ4v) is 2.79. The lowest BCUT2D eigenvalue weighted by Gasteiger charge is -2.35. The highest BCUT2D eigenvalue weighted by molar-refractivity contribution is 5.48. The van der Waals surface area contributed by atoms with Crippen molar-refractivity contribution in [2.24, 2.45) is 0 Å². The quantitative estimate of drug-likeness (QED) is 0.853. The lowest BCUT2D eigenvalue weighted by molar-refractivity contribution is -0.137. The van der Waals surface area contributed by atoms with Crippen LogP contribution in [-0.4, -0.2) is 31.1 Å². The summed E-state index contributed by atoms with van der Waals surface area (Å²) in [7, 11) is 0. The molecule has 0 unspecified atom stereocenters. The summed E-state index contributed by atoms with van der Waals surface area (Å²) >= 11 is 0. The van der Waals surface area contributed by atoms with Gasteiger partial charge in [0.2, 0.25) is 0 Å². The molecule has 1 aliphatic heterocycles. The summed E-state index contributed by atoms with van der Waals surface area (Å²) < 4.78 is 43.3. The Bertz CT molecular complexity index is 641. The minimum absolute atomic E-state index is 0.604. The van der Waals surface area contributed by atoms with Crippen molar-refractivity contribution in [3.05, 3.63) is 53.5 Å². The SMILES string of the molecule is Cc1ccoc1CN1CCN(c2ccc(C(F)(F)F)cc2)CC1. The van der Waals surface area contributed by atoms with E-state index in [9.17, 15) is 13.2 Å². The minimum Gasteiger partial charge on any atom is -0.468 e. The van der Waals surface area contributed by atoms with Crippen LogP contribution >= 0.6 is 0 Å². The molecule has 6 heteroatoms. The number of furan rings is 1. The van der Waals surface area contributed by atoms with Crippen molar-refractivity contribution in [1.82, 2.24) is 4.90 Å². The predicted octanol–water partition coefficient (Wildman–Crippen LogP) is 3.93. The Hall–Kier alpha value is -1.95. The fraction of sp³-hybridized carbons (Fsp3) is 0.412. The molecule has 2 heterocycles. The van der Waals surface area contributed by atoms with Gasteiger partial charge in [-0.1, -0.05) is 0 Å². The number of aryl methyl sites for hydroxylation is 1. The van der Waals surface area contributed by atoms with Crippen LogP contribution in [0.2, 0.25) is 0 Å². The van der Waals surface area contributed by atoms with Crippen LogP contribution in [0.1, 0.15) is 16.9 Å². The second kappa shape index (κ2) is 6.28. The molecule has 0 radical (unpaired) electrons. The van der Waals surface area contributed by atoms with Gasteiger partial charge in [0.1, 0.15) is 5.76 Å². The first kappa shape index (κ1) is 15.9. The molecular formula is C17H19F3N2O. The maximum absolute atomic E-state index is 12.6. The van der Waals surface area contributed by atoms with Gasteiger partial charge < -0.3 is 9.32 Å². The zero-order valence-electron chi connectivity index (χ0n) is 12.9. The zero-order chi connectivity index (χ0) is 16.4. The first-order valence-electron chi connectivity index (χ1n) is 7.61. The lowest BCUT2D eigenvalue weighted by Crippen LogP contribution is -2.46. The molecule has 1 saturated heterocycles. The van der Waals surface area contributed by atoms with E-state index in [4.69, 9.17) is 4.42 Å². The fourth-order valence-electron chi connectivity index (χ4n) is 2.79. The number of hydrogen-bond donors (Lipinski definition) is 0. The van der Waals surface area contributed by atoms with Gasteiger partial charge in [0.25, 0.3) is 0 Å². The van der Waals surface area contributed by atoms with Gasteiger partial charge in [0.05, 0.1) is 18.4 Å². The molecule has 1 aromatic carbocycles. The minimum atomic E-state index is -4.28. The number of anilines is 1. The molecule has 3 nitrogen and oxygen atoms in total. The third kappa shape index (κ3) is 3.69. The maximum Gasteiger partial charge on any atom is 0.416 e. The molecule has 1 aliphatic rings. The van der Waals surface area contributed by atoms with Crippen LogP contribution in [0.3, 0.4) is 0 Å². The molecule has 23 heavy (non-hydrogen) atoms. The second-order valence-corrected chi connectivity index (χ2v) is 5.83. The van der Waals surface area contributed by atoms with Crippen LogP contribution in [0, 0.1) is 6.92 Å². The Labute approximate surface area is 133 Å². The number of piperazine rings is 1. The van der Waals surface area contributed by atoms with E-state index in [-0.39, 0.29) is 0 Å². The molecule has 1 aromatic heterocycles. The molecule has 124 valence electrons. The molecule has 0 spiro atoms. The number of benzene rings is 1. The number of hydrogen-bond acceptors (Lipinski definition) is 3. The van der Waals surface area contributed by atoms with Gasteiger partial charge in [0.15, 0.2) is 0 Å². The smallest absolute Gasteiger partial charge is 0.416 e. The average Bonchev–Trinajstić information content (AvgIpc) is 2.93. The highest BCUT2D eigenvalue weighted by atomic mass is 19.4. The Morgan fingerprint density at radius 1 is 1.00 bits per heavy atom. The predicted molar refractivity (Wildman–Crippen MR) is 82.4 cm³/mol. The Morgan fingerprint density at radius 3 is 2.17 bits per heavy atom. The number of alkyl halides is 3. The van der Waals surface area contributed by atoms with E-state index >= 15 is 0 Å². The van der Waals surface area contributed by atoms with E-state index in [1.54, 1.807) is 18.4 Å². The second-order valence-electron chi connectivity index (χ2n) is 5.83. The largest absolute Gasteiger partial charge is 0.468 e. The van der Waals surface area contributed by atoms with Gasteiger partial charge in [-0.05, 0) is 42.8 Å². The molecule has 0 saturated carbocycles. The van der Waals surface area contributed by atoms with Gasteiger partial charge in [0, 0.05) is 31.9 Å². The Kier molecular flexibility index (Phi) is 4.35. The summed E-state index contributed by atoms with van der Waals surface area (Å²) in [6.07, 6.45) is -2.58. The van der Waals surface area contributed by atoms with Crippen molar-refractivity contribution in [2.75, 3.05) is 31.1 Å². The van der Waals surface area contributed by atoms with E-state index in [0.29, 0.717) is 0 Å². The highest BCUT2D eigenvalue weighted by Gasteiger charge is 2.30. The third-order valence-electron chi connectivity index (χ3n) is 4.27. The Morgan fingerprint density at radius 2 is 1.65 bits per heavy atom. The van der Waals surface area contributed by atoms with Gasteiger partial charge in [-0.15, -0.1) is 0 Å². The standard InChI is InChI=1S/C17H19F3N2O/c1-13-6-11-23-16(13)12-21-7-9-22(10-8-21)15-4-2-14(3-5-15)17(18,19)20/h2-6,11H,7-10,12H2,1H3. The zero-order valence-corrected chi connectivity index (χ0v) is 12.9. The van der Waals surface area contributed by atoms with Crippen LogP contribution in [0.4, 0.5) is 18.9 Å². The average molecular weight is 324 g/mol. The van der Waals surface area contributed by atoms with Gasteiger partial charge >= 0.3 is 6.18 Å². The van der Waals surface area contributed by atoms with Crippen LogP contribution in [-0.2, 0) is 12.7 Å². The van der Waals surface area contributed by atoms with Crippen molar-refractivity contribution in [3.8, 4) is 0 Å². The van der Waals surface area contributed by atoms with Crippen molar-refractivity contribution < 1.29 is 17.6 Å². The van der Waals surface area contributed by atoms with Crippen LogP contribution in [0.25, 0.3) is 0 Å². The molecule has 0 amide bonds. The molecule has 0 N–H and O–H groups in total.